The first-order chi connectivity index (χ1) is 21.3. The highest BCUT2D eigenvalue weighted by Crippen LogP contribution is 2.38. The lowest BCUT2D eigenvalue weighted by atomic mass is 9.94. The van der Waals surface area contributed by atoms with Gasteiger partial charge in [0.2, 0.25) is 11.8 Å². The van der Waals surface area contributed by atoms with Crippen LogP contribution in [0.5, 0.6) is 11.5 Å². The Morgan fingerprint density at radius 1 is 0.933 bits per heavy atom. The Hall–Kier alpha value is -3.70. The van der Waals surface area contributed by atoms with Crippen molar-refractivity contribution in [2.75, 3.05) is 33.9 Å². The van der Waals surface area contributed by atoms with Crippen LogP contribution in [-0.4, -0.2) is 86.5 Å². The van der Waals surface area contributed by atoms with E-state index in [0.717, 1.165) is 46.6 Å². The van der Waals surface area contributed by atoms with Crippen molar-refractivity contribution in [3.8, 4) is 11.5 Å². The second-order valence-electron chi connectivity index (χ2n) is 12.9. The number of amides is 4. The standard InChI is InChI=1S/C33H52N4O8/c1-20-21(2)28(43-8)24(22(3)27(20)42-7)12-11-19-44-31(40)34-17-9-13-25(29(38)35-23-15-16-23)36-30(39)26-14-10-18-37(26)32(41)45-33(4,5)6/h23,25-26H,9-19H2,1-8H3,(H,34,40)(H,35,38)(H,36,39)/t25-,26?/m0/s1. The highest BCUT2D eigenvalue weighted by molar-refractivity contribution is 5.91. The largest absolute Gasteiger partial charge is 0.496 e. The number of rotatable bonds is 14. The van der Waals surface area contributed by atoms with E-state index in [0.29, 0.717) is 45.1 Å². The number of ether oxygens (including phenoxy) is 4. The van der Waals surface area contributed by atoms with Crippen molar-refractivity contribution in [1.29, 1.82) is 0 Å². The van der Waals surface area contributed by atoms with Gasteiger partial charge in [-0.1, -0.05) is 0 Å². The van der Waals surface area contributed by atoms with Crippen LogP contribution in [0.1, 0.15) is 88.0 Å². The van der Waals surface area contributed by atoms with Gasteiger partial charge in [0.1, 0.15) is 29.2 Å². The molecule has 1 heterocycles. The van der Waals surface area contributed by atoms with Gasteiger partial charge in [0, 0.05) is 24.7 Å². The summed E-state index contributed by atoms with van der Waals surface area (Å²) < 4.78 is 22.1. The lowest BCUT2D eigenvalue weighted by Gasteiger charge is -2.29. The number of nitrogens with one attached hydrogen (secondary N) is 3. The van der Waals surface area contributed by atoms with E-state index >= 15 is 0 Å². The van der Waals surface area contributed by atoms with Crippen LogP contribution in [0.15, 0.2) is 0 Å². The van der Waals surface area contributed by atoms with E-state index in [1.165, 1.54) is 4.90 Å². The number of likely N-dealkylation sites (tertiary alicyclic amines) is 1. The zero-order valence-corrected chi connectivity index (χ0v) is 28.2. The van der Waals surface area contributed by atoms with Crippen molar-refractivity contribution in [2.24, 2.45) is 0 Å². The van der Waals surface area contributed by atoms with Crippen molar-refractivity contribution < 1.29 is 38.1 Å². The van der Waals surface area contributed by atoms with E-state index < -0.39 is 29.9 Å². The molecule has 1 aromatic carbocycles. The SMILES string of the molecule is COc1c(C)c(C)c(OC)c(CCCOC(=O)NCCC[C@H](NC(=O)C2CCCN2C(=O)OC(C)(C)C)C(=O)NC2CC2)c1C. The summed E-state index contributed by atoms with van der Waals surface area (Å²) in [5.74, 6) is 1.03. The zero-order valence-electron chi connectivity index (χ0n) is 28.2. The summed E-state index contributed by atoms with van der Waals surface area (Å²) in [4.78, 5) is 52.6. The van der Waals surface area contributed by atoms with E-state index in [1.54, 1.807) is 35.0 Å². The molecule has 2 fully saturated rings. The van der Waals surface area contributed by atoms with Crippen molar-refractivity contribution in [1.82, 2.24) is 20.9 Å². The Bertz CT molecular complexity index is 1220. The van der Waals surface area contributed by atoms with E-state index in [4.69, 9.17) is 18.9 Å². The maximum atomic E-state index is 13.2. The first-order valence-electron chi connectivity index (χ1n) is 16.0. The number of hydrogen-bond acceptors (Lipinski definition) is 8. The number of carbonyl (C=O) groups excluding carboxylic acids is 4. The molecule has 0 spiro atoms. The van der Waals surface area contributed by atoms with Gasteiger partial charge >= 0.3 is 12.2 Å². The lowest BCUT2D eigenvalue weighted by Crippen LogP contribution is -2.54. The van der Waals surface area contributed by atoms with Crippen LogP contribution in [0.3, 0.4) is 0 Å². The summed E-state index contributed by atoms with van der Waals surface area (Å²) in [6.45, 7) is 12.3. The molecule has 1 saturated heterocycles. The Morgan fingerprint density at radius 2 is 1.60 bits per heavy atom. The molecule has 0 bridgehead atoms. The van der Waals surface area contributed by atoms with E-state index in [2.05, 4.69) is 16.0 Å². The number of hydrogen-bond donors (Lipinski definition) is 3. The molecular weight excluding hydrogens is 580 g/mol. The van der Waals surface area contributed by atoms with Gasteiger partial charge in [-0.3, -0.25) is 14.5 Å². The normalized spacial score (nSPS) is 16.9. The fourth-order valence-electron chi connectivity index (χ4n) is 5.65. The second-order valence-corrected chi connectivity index (χ2v) is 12.9. The molecule has 0 radical (unpaired) electrons. The molecule has 1 aliphatic carbocycles. The van der Waals surface area contributed by atoms with Crippen LogP contribution < -0.4 is 25.4 Å². The minimum Gasteiger partial charge on any atom is -0.496 e. The molecular formula is C33H52N4O8. The van der Waals surface area contributed by atoms with Crippen LogP contribution in [-0.2, 0) is 25.5 Å². The molecule has 4 amide bonds. The molecule has 252 valence electrons. The summed E-state index contributed by atoms with van der Waals surface area (Å²) in [5.41, 5.74) is 3.44. The zero-order chi connectivity index (χ0) is 33.3. The van der Waals surface area contributed by atoms with E-state index in [1.807, 2.05) is 20.8 Å². The second kappa shape index (κ2) is 16.0. The molecule has 1 saturated carbocycles. The number of methoxy groups -OCH3 is 2. The molecule has 12 heteroatoms. The minimum absolute atomic E-state index is 0.128. The van der Waals surface area contributed by atoms with Gasteiger partial charge in [0.15, 0.2) is 0 Å². The summed E-state index contributed by atoms with van der Waals surface area (Å²) in [6, 6.07) is -1.36. The van der Waals surface area contributed by atoms with Crippen LogP contribution in [0, 0.1) is 20.8 Å². The minimum atomic E-state index is -0.787. The predicted octanol–water partition coefficient (Wildman–Crippen LogP) is 4.23. The molecule has 2 aliphatic rings. The lowest BCUT2D eigenvalue weighted by molar-refractivity contribution is -0.131. The molecule has 2 atom stereocenters. The molecule has 1 aromatic rings. The van der Waals surface area contributed by atoms with Gasteiger partial charge in [0.25, 0.3) is 0 Å². The highest BCUT2D eigenvalue weighted by atomic mass is 16.6. The van der Waals surface area contributed by atoms with Crippen molar-refractivity contribution in [3.63, 3.8) is 0 Å². The first kappa shape index (κ1) is 35.8. The maximum Gasteiger partial charge on any atom is 0.410 e. The van der Waals surface area contributed by atoms with Gasteiger partial charge in [-0.05, 0) is 110 Å². The summed E-state index contributed by atoms with van der Waals surface area (Å²) in [6.07, 6.45) is 3.94. The average molecular weight is 633 g/mol. The van der Waals surface area contributed by atoms with Gasteiger partial charge < -0.3 is 34.9 Å². The molecule has 3 rings (SSSR count). The molecule has 45 heavy (non-hydrogen) atoms. The quantitative estimate of drug-likeness (QED) is 0.259. The fraction of sp³-hybridized carbons (Fsp3) is 0.697. The Balaban J connectivity index is 1.46. The average Bonchev–Trinajstić information content (AvgIpc) is 3.64. The Labute approximate surface area is 267 Å². The summed E-state index contributed by atoms with van der Waals surface area (Å²) >= 11 is 0. The number of carbonyl (C=O) groups is 4. The van der Waals surface area contributed by atoms with E-state index in [-0.39, 0.29) is 31.0 Å². The van der Waals surface area contributed by atoms with Crippen LogP contribution in [0.2, 0.25) is 0 Å². The molecule has 1 unspecified atom stereocenters. The number of benzene rings is 1. The van der Waals surface area contributed by atoms with Gasteiger partial charge in [-0.2, -0.15) is 0 Å². The summed E-state index contributed by atoms with van der Waals surface area (Å²) in [5, 5.41) is 8.53. The smallest absolute Gasteiger partial charge is 0.410 e. The third kappa shape index (κ3) is 10.2. The third-order valence-electron chi connectivity index (χ3n) is 8.20. The van der Waals surface area contributed by atoms with Gasteiger partial charge in [-0.25, -0.2) is 9.59 Å². The number of alkyl carbamates (subject to hydrolysis) is 1. The molecule has 0 aromatic heterocycles. The monoisotopic (exact) mass is 632 g/mol. The predicted molar refractivity (Wildman–Crippen MR) is 170 cm³/mol. The first-order valence-corrected chi connectivity index (χ1v) is 16.0. The third-order valence-corrected chi connectivity index (χ3v) is 8.20. The molecule has 3 N–H and O–H groups in total. The van der Waals surface area contributed by atoms with Gasteiger partial charge in [-0.15, -0.1) is 0 Å². The van der Waals surface area contributed by atoms with E-state index in [9.17, 15) is 19.2 Å². The Kier molecular flexibility index (Phi) is 12.7. The summed E-state index contributed by atoms with van der Waals surface area (Å²) in [7, 11) is 3.31. The van der Waals surface area contributed by atoms with Crippen molar-refractivity contribution in [3.05, 3.63) is 22.3 Å². The van der Waals surface area contributed by atoms with Crippen molar-refractivity contribution in [2.45, 2.75) is 117 Å². The number of nitrogens with zero attached hydrogens (tertiary/aromatic N) is 1. The van der Waals surface area contributed by atoms with Crippen LogP contribution in [0.4, 0.5) is 9.59 Å². The van der Waals surface area contributed by atoms with Gasteiger partial charge in [0.05, 0.1) is 20.8 Å². The fourth-order valence-corrected chi connectivity index (χ4v) is 5.65. The van der Waals surface area contributed by atoms with Crippen LogP contribution in [0.25, 0.3) is 0 Å². The molecule has 1 aliphatic heterocycles. The Morgan fingerprint density at radius 3 is 2.22 bits per heavy atom. The molecule has 12 nitrogen and oxygen atoms in total. The van der Waals surface area contributed by atoms with Crippen molar-refractivity contribution >= 4 is 24.0 Å². The van der Waals surface area contributed by atoms with Crippen LogP contribution >= 0.6 is 0 Å². The highest BCUT2D eigenvalue weighted by Gasteiger charge is 2.38. The maximum absolute atomic E-state index is 13.2. The topological polar surface area (TPSA) is 145 Å².